The number of carbonyl (C=O) groups excluding carboxylic acids is 4. The molecule has 4 rings (SSSR count). The van der Waals surface area contributed by atoms with Crippen LogP contribution in [0.25, 0.3) is 0 Å². The lowest BCUT2D eigenvalue weighted by Gasteiger charge is -2.16. The molecular weight excluding hydrogens is 416 g/mol. The van der Waals surface area contributed by atoms with E-state index in [1.807, 2.05) is 0 Å². The van der Waals surface area contributed by atoms with E-state index in [1.54, 1.807) is 55.5 Å². The van der Waals surface area contributed by atoms with Gasteiger partial charge in [0.2, 0.25) is 0 Å². The van der Waals surface area contributed by atoms with Gasteiger partial charge in [-0.1, -0.05) is 49.7 Å². The molecule has 2 heterocycles. The number of esters is 4. The van der Waals surface area contributed by atoms with E-state index in [0.29, 0.717) is 41.5 Å². The summed E-state index contributed by atoms with van der Waals surface area (Å²) in [5.41, 5.74) is 1.87. The van der Waals surface area contributed by atoms with Crippen molar-refractivity contribution >= 4 is 23.9 Å². The van der Waals surface area contributed by atoms with Crippen molar-refractivity contribution in [1.82, 2.24) is 0 Å². The number of rotatable bonds is 8. The largest absolute Gasteiger partial charge is 0.421 e. The summed E-state index contributed by atoms with van der Waals surface area (Å²) in [5, 5.41) is 0. The molecule has 0 fully saturated rings. The van der Waals surface area contributed by atoms with E-state index < -0.39 is 42.4 Å². The number of cyclic esters (lactones) is 2. The summed E-state index contributed by atoms with van der Waals surface area (Å²) in [5.74, 6) is -2.41. The Labute approximate surface area is 184 Å². The maximum atomic E-state index is 12.4. The third-order valence-electron chi connectivity index (χ3n) is 5.43. The van der Waals surface area contributed by atoms with Gasteiger partial charge in [0.15, 0.2) is 0 Å². The lowest BCUT2D eigenvalue weighted by molar-refractivity contribution is -0.172. The molecule has 0 aromatic heterocycles. The highest BCUT2D eigenvalue weighted by atomic mass is 16.7. The smallest absolute Gasteiger partial charge is 0.342 e. The number of hydrogen-bond donors (Lipinski definition) is 0. The van der Waals surface area contributed by atoms with Crippen LogP contribution in [-0.2, 0) is 28.5 Å². The number of ether oxygens (including phenoxy) is 4. The summed E-state index contributed by atoms with van der Waals surface area (Å²) in [6.07, 6.45) is -0.327. The van der Waals surface area contributed by atoms with Crippen LogP contribution in [0.5, 0.6) is 0 Å². The summed E-state index contributed by atoms with van der Waals surface area (Å²) in [7, 11) is 0. The van der Waals surface area contributed by atoms with Gasteiger partial charge in [-0.15, -0.1) is 0 Å². The molecular formula is C24H22O8. The van der Waals surface area contributed by atoms with Crippen LogP contribution in [0.4, 0.5) is 0 Å². The highest BCUT2D eigenvalue weighted by Crippen LogP contribution is 2.33. The molecule has 0 spiro atoms. The molecule has 2 aromatic rings. The van der Waals surface area contributed by atoms with E-state index in [-0.39, 0.29) is 6.42 Å². The molecule has 0 saturated heterocycles. The Kier molecular flexibility index (Phi) is 6.20. The highest BCUT2D eigenvalue weighted by molar-refractivity contribution is 5.94. The average molecular weight is 438 g/mol. The van der Waals surface area contributed by atoms with E-state index in [4.69, 9.17) is 18.9 Å². The van der Waals surface area contributed by atoms with Crippen LogP contribution in [0.1, 0.15) is 77.0 Å². The van der Waals surface area contributed by atoms with E-state index >= 15 is 0 Å². The molecule has 0 radical (unpaired) electrons. The van der Waals surface area contributed by atoms with Gasteiger partial charge in [0.05, 0.1) is 17.0 Å². The lowest BCUT2D eigenvalue weighted by atomic mass is 10.0. The summed E-state index contributed by atoms with van der Waals surface area (Å²) < 4.78 is 20.9. The van der Waals surface area contributed by atoms with Gasteiger partial charge in [0.25, 0.3) is 12.6 Å². The number of fused-ring (bicyclic) bond motifs is 2. The Bertz CT molecular complexity index is 1060. The first kappa shape index (κ1) is 21.5. The van der Waals surface area contributed by atoms with E-state index in [9.17, 15) is 19.2 Å². The van der Waals surface area contributed by atoms with Crippen LogP contribution in [0.2, 0.25) is 0 Å². The Morgan fingerprint density at radius 2 is 1.38 bits per heavy atom. The molecule has 2 aliphatic heterocycles. The van der Waals surface area contributed by atoms with Gasteiger partial charge in [-0.05, 0) is 25.0 Å². The SMILES string of the molecule is CC(CCCCC(=O)OC1OC(=O)c2ccccc21)C(=O)OC1OC(=O)c2ccccc21. The first-order valence-electron chi connectivity index (χ1n) is 10.4. The standard InChI is InChI=1S/C24H22O8/c1-14(20(26)30-24-18-12-6-4-10-16(18)22(28)32-24)8-2-7-13-19(25)29-23-17-11-5-3-9-15(17)21(27)31-23/h3-6,9-12,14,23-24H,2,7-8,13H2,1H3. The van der Waals surface area contributed by atoms with Gasteiger partial charge in [-0.25, -0.2) is 9.59 Å². The van der Waals surface area contributed by atoms with Gasteiger partial charge in [-0.3, -0.25) is 9.59 Å². The van der Waals surface area contributed by atoms with Crippen LogP contribution < -0.4 is 0 Å². The van der Waals surface area contributed by atoms with Gasteiger partial charge in [0.1, 0.15) is 0 Å². The maximum Gasteiger partial charge on any atom is 0.342 e. The first-order chi connectivity index (χ1) is 15.4. The quantitative estimate of drug-likeness (QED) is 0.450. The van der Waals surface area contributed by atoms with Gasteiger partial charge >= 0.3 is 23.9 Å². The molecule has 0 saturated carbocycles. The molecule has 2 aromatic carbocycles. The summed E-state index contributed by atoms with van der Waals surface area (Å²) >= 11 is 0. The van der Waals surface area contributed by atoms with Crippen molar-refractivity contribution in [1.29, 1.82) is 0 Å². The molecule has 8 nitrogen and oxygen atoms in total. The molecule has 32 heavy (non-hydrogen) atoms. The number of benzene rings is 2. The van der Waals surface area contributed by atoms with Crippen molar-refractivity contribution < 1.29 is 38.1 Å². The third-order valence-corrected chi connectivity index (χ3v) is 5.43. The highest BCUT2D eigenvalue weighted by Gasteiger charge is 2.35. The molecule has 2 aliphatic rings. The second kappa shape index (κ2) is 9.21. The van der Waals surface area contributed by atoms with Gasteiger partial charge in [0, 0.05) is 17.5 Å². The summed E-state index contributed by atoms with van der Waals surface area (Å²) in [6.45, 7) is 1.72. The minimum Gasteiger partial charge on any atom is -0.421 e. The summed E-state index contributed by atoms with van der Waals surface area (Å²) in [6, 6.07) is 13.5. The monoisotopic (exact) mass is 438 g/mol. The van der Waals surface area contributed by atoms with E-state index in [1.165, 1.54) is 0 Å². The molecule has 3 atom stereocenters. The lowest BCUT2D eigenvalue weighted by Crippen LogP contribution is -2.18. The zero-order chi connectivity index (χ0) is 22.7. The van der Waals surface area contributed by atoms with Crippen LogP contribution in [0.15, 0.2) is 48.5 Å². The van der Waals surface area contributed by atoms with Crippen molar-refractivity contribution in [2.45, 2.75) is 45.2 Å². The zero-order valence-electron chi connectivity index (χ0n) is 17.4. The van der Waals surface area contributed by atoms with E-state index in [0.717, 1.165) is 0 Å². The molecule has 0 aliphatic carbocycles. The maximum absolute atomic E-state index is 12.4. The van der Waals surface area contributed by atoms with Gasteiger partial charge in [-0.2, -0.15) is 0 Å². The van der Waals surface area contributed by atoms with Crippen molar-refractivity contribution in [3.63, 3.8) is 0 Å². The molecule has 8 heteroatoms. The third kappa shape index (κ3) is 4.49. The second-order valence-electron chi connectivity index (χ2n) is 7.72. The normalized spacial score (nSPS) is 19.4. The molecule has 0 N–H and O–H groups in total. The van der Waals surface area contributed by atoms with Crippen LogP contribution in [0.3, 0.4) is 0 Å². The summed E-state index contributed by atoms with van der Waals surface area (Å²) in [4.78, 5) is 48.1. The van der Waals surface area contributed by atoms with Crippen molar-refractivity contribution in [2.75, 3.05) is 0 Å². The zero-order valence-corrected chi connectivity index (χ0v) is 17.4. The van der Waals surface area contributed by atoms with E-state index in [2.05, 4.69) is 0 Å². The fraction of sp³-hybridized carbons (Fsp3) is 0.333. The number of unbranched alkanes of at least 4 members (excludes halogenated alkanes) is 1. The minimum atomic E-state index is -1.03. The minimum absolute atomic E-state index is 0.131. The van der Waals surface area contributed by atoms with Gasteiger partial charge < -0.3 is 18.9 Å². The Balaban J connectivity index is 1.18. The van der Waals surface area contributed by atoms with Crippen LogP contribution in [0, 0.1) is 5.92 Å². The molecule has 3 unspecified atom stereocenters. The topological polar surface area (TPSA) is 105 Å². The molecule has 166 valence electrons. The fourth-order valence-corrected chi connectivity index (χ4v) is 3.64. The van der Waals surface area contributed by atoms with Crippen LogP contribution in [-0.4, -0.2) is 23.9 Å². The average Bonchev–Trinajstić information content (AvgIpc) is 3.28. The molecule has 0 amide bonds. The Hall–Kier alpha value is -3.68. The second-order valence-corrected chi connectivity index (χ2v) is 7.72. The Morgan fingerprint density at radius 3 is 1.97 bits per heavy atom. The Morgan fingerprint density at radius 1 is 0.844 bits per heavy atom. The molecule has 0 bridgehead atoms. The first-order valence-corrected chi connectivity index (χ1v) is 10.4. The predicted molar refractivity (Wildman–Crippen MR) is 109 cm³/mol. The number of hydrogen-bond acceptors (Lipinski definition) is 8. The number of carbonyl (C=O) groups is 4. The van der Waals surface area contributed by atoms with Crippen molar-refractivity contribution in [3.8, 4) is 0 Å². The van der Waals surface area contributed by atoms with Crippen molar-refractivity contribution in [3.05, 3.63) is 70.8 Å². The van der Waals surface area contributed by atoms with Crippen LogP contribution >= 0.6 is 0 Å². The van der Waals surface area contributed by atoms with Crippen molar-refractivity contribution in [2.24, 2.45) is 5.92 Å². The predicted octanol–water partition coefficient (Wildman–Crippen LogP) is 4.01. The fourth-order valence-electron chi connectivity index (χ4n) is 3.64.